The molecule has 4 rings (SSSR count). The molecule has 2 heterocycles. The highest BCUT2D eigenvalue weighted by molar-refractivity contribution is 7.80. The minimum atomic E-state index is -0.840. The number of nitrogens with one attached hydrogen (secondary N) is 2. The van der Waals surface area contributed by atoms with Crippen molar-refractivity contribution in [1.82, 2.24) is 15.1 Å². The highest BCUT2D eigenvalue weighted by Crippen LogP contribution is 2.34. The smallest absolute Gasteiger partial charge is 0.366 e. The van der Waals surface area contributed by atoms with Gasteiger partial charge in [0.25, 0.3) is 5.91 Å². The van der Waals surface area contributed by atoms with E-state index in [1.165, 1.54) is 16.8 Å². The van der Waals surface area contributed by atoms with E-state index in [4.69, 9.17) is 22.5 Å². The summed E-state index contributed by atoms with van der Waals surface area (Å²) in [5.41, 5.74) is 5.71. The fourth-order valence-corrected chi connectivity index (χ4v) is 3.93. The van der Waals surface area contributed by atoms with Gasteiger partial charge in [0, 0.05) is 17.3 Å². The maximum Gasteiger partial charge on any atom is 0.431 e. The maximum atomic E-state index is 13.1. The lowest BCUT2D eigenvalue weighted by Crippen LogP contribution is -2.44. The number of anilines is 1. The molecule has 31 heavy (non-hydrogen) atoms. The second-order valence-corrected chi connectivity index (χ2v) is 7.91. The molecule has 12 heteroatoms. The minimum absolute atomic E-state index is 0.0291. The van der Waals surface area contributed by atoms with E-state index in [0.717, 1.165) is 12.8 Å². The predicted molar refractivity (Wildman–Crippen MR) is 111 cm³/mol. The zero-order valence-electron chi connectivity index (χ0n) is 16.7. The van der Waals surface area contributed by atoms with Crippen LogP contribution in [-0.2, 0) is 23.2 Å². The highest BCUT2D eigenvalue weighted by Gasteiger charge is 2.50. The van der Waals surface area contributed by atoms with Gasteiger partial charge in [0.05, 0.1) is 6.42 Å². The quantitative estimate of drug-likeness (QED) is 0.380. The number of aryl methyl sites for hydroxylation is 1. The monoisotopic (exact) mass is 445 g/mol. The number of primary amides is 1. The lowest BCUT2D eigenvalue weighted by atomic mass is 10.1. The molecule has 4 N–H and O–H groups in total. The molecule has 3 amide bonds. The molecule has 162 valence electrons. The number of nitrogens with two attached hydrogens (primary N) is 1. The molecule has 1 aromatic carbocycles. The fourth-order valence-electron chi connectivity index (χ4n) is 3.50. The van der Waals surface area contributed by atoms with Gasteiger partial charge in [-0.25, -0.2) is 4.79 Å². The number of thiocarbonyl (C=S) groups is 1. The van der Waals surface area contributed by atoms with Crippen molar-refractivity contribution in [3.8, 4) is 0 Å². The molecule has 1 atom stereocenters. The Bertz CT molecular complexity index is 1120. The van der Waals surface area contributed by atoms with Gasteiger partial charge >= 0.3 is 11.3 Å². The Labute approximate surface area is 181 Å². The summed E-state index contributed by atoms with van der Waals surface area (Å²) >= 11 is 5.52. The van der Waals surface area contributed by atoms with Crippen molar-refractivity contribution >= 4 is 40.7 Å². The van der Waals surface area contributed by atoms with E-state index >= 15 is 0 Å². The van der Waals surface area contributed by atoms with Crippen molar-refractivity contribution in [3.05, 3.63) is 45.9 Å². The largest absolute Gasteiger partial charge is 0.431 e. The van der Waals surface area contributed by atoms with Gasteiger partial charge in [-0.05, 0) is 54.6 Å². The Kier molecular flexibility index (Phi) is 5.31. The molecule has 11 nitrogen and oxygen atoms in total. The first-order chi connectivity index (χ1) is 14.8. The molecular formula is C19H21N6O5S+. The summed E-state index contributed by atoms with van der Waals surface area (Å²) in [4.78, 5) is 52.0. The predicted octanol–water partition coefficient (Wildman–Crippen LogP) is -0.620. The number of benzene rings is 1. The third kappa shape index (κ3) is 4.06. The summed E-state index contributed by atoms with van der Waals surface area (Å²) in [6.07, 6.45) is 1.55. The van der Waals surface area contributed by atoms with Gasteiger partial charge < -0.3 is 16.0 Å². The highest BCUT2D eigenvalue weighted by atomic mass is 32.1. The van der Waals surface area contributed by atoms with E-state index in [2.05, 4.69) is 10.6 Å². The number of nitrogens with zero attached hydrogens (tertiary/aromatic N) is 3. The van der Waals surface area contributed by atoms with Crippen LogP contribution in [0.15, 0.2) is 33.6 Å². The molecule has 2 fully saturated rings. The summed E-state index contributed by atoms with van der Waals surface area (Å²) in [5, 5.41) is 5.44. The number of aromatic amines is 1. The van der Waals surface area contributed by atoms with E-state index in [-0.39, 0.29) is 30.6 Å². The molecule has 1 aliphatic carbocycles. The number of hydrogen-bond acceptors (Lipinski definition) is 6. The van der Waals surface area contributed by atoms with E-state index in [1.807, 2.05) is 0 Å². The van der Waals surface area contributed by atoms with Gasteiger partial charge in [-0.1, -0.05) is 4.68 Å². The van der Waals surface area contributed by atoms with Gasteiger partial charge in [0.2, 0.25) is 11.8 Å². The van der Waals surface area contributed by atoms with Crippen LogP contribution in [0.1, 0.15) is 35.3 Å². The lowest BCUT2D eigenvalue weighted by molar-refractivity contribution is -0.746. The van der Waals surface area contributed by atoms with Crippen molar-refractivity contribution in [3.63, 3.8) is 0 Å². The molecule has 0 bridgehead atoms. The Morgan fingerprint density at radius 2 is 1.97 bits per heavy atom. The molecule has 1 aromatic heterocycles. The van der Waals surface area contributed by atoms with Crippen LogP contribution in [0.4, 0.5) is 5.69 Å². The second-order valence-electron chi connectivity index (χ2n) is 7.55. The standard InChI is InChI=1S/C19H20N6O5S/c1-23-14(18(29)30-22-23)9-24-13(17(28)25(19(24)31)12-6-7-12)8-15(26)21-11-4-2-10(3-5-11)16(20)27/h2-5,12-13H,6-9H2,1H3,(H3-,20,21,22,26,27,29)/p+1. The summed E-state index contributed by atoms with van der Waals surface area (Å²) in [6.45, 7) is 0.0291. The van der Waals surface area contributed by atoms with Crippen molar-refractivity contribution in [1.29, 1.82) is 0 Å². The van der Waals surface area contributed by atoms with Gasteiger partial charge in [-0.3, -0.25) is 23.8 Å². The zero-order valence-corrected chi connectivity index (χ0v) is 17.5. The van der Waals surface area contributed by atoms with E-state index in [9.17, 15) is 19.2 Å². The van der Waals surface area contributed by atoms with Crippen LogP contribution in [0.2, 0.25) is 0 Å². The first-order valence-corrected chi connectivity index (χ1v) is 10.1. The number of hydrogen-bond donors (Lipinski definition) is 3. The van der Waals surface area contributed by atoms with Crippen LogP contribution in [0.3, 0.4) is 0 Å². The van der Waals surface area contributed by atoms with Crippen molar-refractivity contribution in [2.45, 2.75) is 37.9 Å². The van der Waals surface area contributed by atoms with Crippen molar-refractivity contribution < 1.29 is 23.6 Å². The molecule has 1 saturated heterocycles. The Morgan fingerprint density at radius 1 is 1.29 bits per heavy atom. The molecule has 1 unspecified atom stereocenters. The van der Waals surface area contributed by atoms with Crippen LogP contribution < -0.4 is 21.4 Å². The summed E-state index contributed by atoms with van der Waals surface area (Å²) in [7, 11) is 1.61. The average molecular weight is 445 g/mol. The van der Waals surface area contributed by atoms with Crippen LogP contribution >= 0.6 is 12.2 Å². The Morgan fingerprint density at radius 3 is 2.52 bits per heavy atom. The average Bonchev–Trinajstić information content (AvgIpc) is 3.47. The molecular weight excluding hydrogens is 424 g/mol. The minimum Gasteiger partial charge on any atom is -0.366 e. The van der Waals surface area contributed by atoms with Gasteiger partial charge in [0.15, 0.2) is 12.2 Å². The molecule has 1 saturated carbocycles. The van der Waals surface area contributed by atoms with E-state index in [0.29, 0.717) is 16.4 Å². The second kappa shape index (κ2) is 7.95. The van der Waals surface area contributed by atoms with Crippen LogP contribution in [-0.4, -0.2) is 50.0 Å². The van der Waals surface area contributed by atoms with Gasteiger partial charge in [-0.15, -0.1) is 0 Å². The maximum absolute atomic E-state index is 13.1. The molecule has 2 aliphatic rings. The lowest BCUT2D eigenvalue weighted by Gasteiger charge is -2.21. The van der Waals surface area contributed by atoms with Gasteiger partial charge in [-0.2, -0.15) is 0 Å². The molecule has 1 aliphatic heterocycles. The van der Waals surface area contributed by atoms with Crippen LogP contribution in [0.25, 0.3) is 0 Å². The van der Waals surface area contributed by atoms with Crippen molar-refractivity contribution in [2.24, 2.45) is 12.8 Å². The number of rotatable bonds is 7. The third-order valence-electron chi connectivity index (χ3n) is 5.33. The molecule has 0 spiro atoms. The van der Waals surface area contributed by atoms with Gasteiger partial charge in [0.1, 0.15) is 12.6 Å². The SMILES string of the molecule is C[n+]1[nH]oc(=O)c1CN1C(=S)N(C2CC2)C(=O)C1CC(=O)Nc1ccc(C(N)=O)cc1. The number of H-pyrrole nitrogens is 1. The first-order valence-electron chi connectivity index (χ1n) is 9.66. The molecule has 0 radical (unpaired) electrons. The Balaban J connectivity index is 1.52. The molecule has 2 aromatic rings. The normalized spacial score (nSPS) is 18.5. The third-order valence-corrected chi connectivity index (χ3v) is 5.76. The van der Waals surface area contributed by atoms with Crippen LogP contribution in [0.5, 0.6) is 0 Å². The first kappa shape index (κ1) is 20.7. The fraction of sp³-hybridized carbons (Fsp3) is 0.368. The topological polar surface area (TPSA) is 146 Å². The number of carbonyl (C=O) groups excluding carboxylic acids is 3. The number of carbonyl (C=O) groups is 3. The Hall–Kier alpha value is -3.54. The van der Waals surface area contributed by atoms with E-state index < -0.39 is 23.5 Å². The zero-order chi connectivity index (χ0) is 22.3. The summed E-state index contributed by atoms with van der Waals surface area (Å²) < 4.78 is 6.19. The number of aromatic nitrogens is 2. The van der Waals surface area contributed by atoms with Crippen LogP contribution in [0, 0.1) is 0 Å². The number of amides is 3. The van der Waals surface area contributed by atoms with E-state index in [1.54, 1.807) is 29.0 Å². The summed E-state index contributed by atoms with van der Waals surface area (Å²) in [5.74, 6) is -1.23. The summed E-state index contributed by atoms with van der Waals surface area (Å²) in [6, 6.07) is 5.30. The van der Waals surface area contributed by atoms with Crippen molar-refractivity contribution in [2.75, 3.05) is 5.32 Å².